The Balaban J connectivity index is 1.56. The van der Waals surface area contributed by atoms with Gasteiger partial charge in [0.2, 0.25) is 0 Å². The number of benzene rings is 1. The second kappa shape index (κ2) is 7.98. The van der Waals surface area contributed by atoms with Crippen LogP contribution in [0.5, 0.6) is 0 Å². The third-order valence-corrected chi connectivity index (χ3v) is 5.18. The third-order valence-electron chi connectivity index (χ3n) is 5.18. The Morgan fingerprint density at radius 2 is 2.07 bits per heavy atom. The van der Waals surface area contributed by atoms with Crippen molar-refractivity contribution < 1.29 is 9.18 Å². The van der Waals surface area contributed by atoms with Crippen molar-refractivity contribution in [2.45, 2.75) is 20.1 Å². The number of nitrogens with one attached hydrogen (secondary N) is 2. The van der Waals surface area contributed by atoms with Crippen LogP contribution in [0.25, 0.3) is 10.9 Å². The first-order valence-corrected chi connectivity index (χ1v) is 9.61. The molecule has 2 N–H and O–H groups in total. The highest BCUT2D eigenvalue weighted by Crippen LogP contribution is 2.25. The summed E-state index contributed by atoms with van der Waals surface area (Å²) >= 11 is 0. The van der Waals surface area contributed by atoms with E-state index in [1.807, 2.05) is 35.8 Å². The number of aryl methyl sites for hydroxylation is 1. The van der Waals surface area contributed by atoms with Gasteiger partial charge in [0.15, 0.2) is 0 Å². The second-order valence-corrected chi connectivity index (χ2v) is 6.85. The van der Waals surface area contributed by atoms with Gasteiger partial charge >= 0.3 is 0 Å². The molecule has 0 radical (unpaired) electrons. The van der Waals surface area contributed by atoms with Gasteiger partial charge in [-0.05, 0) is 36.8 Å². The number of nitrogens with zero attached hydrogens (tertiary/aromatic N) is 3. The highest BCUT2D eigenvalue weighted by atomic mass is 19.1. The summed E-state index contributed by atoms with van der Waals surface area (Å²) in [7, 11) is 0. The Kier molecular flexibility index (Phi) is 5.25. The van der Waals surface area contributed by atoms with Crippen molar-refractivity contribution in [3.63, 3.8) is 0 Å². The summed E-state index contributed by atoms with van der Waals surface area (Å²) in [5, 5.41) is 7.01. The van der Waals surface area contributed by atoms with Gasteiger partial charge in [0.25, 0.3) is 5.91 Å². The topological polar surface area (TPSA) is 62.2 Å². The third kappa shape index (κ3) is 3.45. The molecule has 146 valence electrons. The van der Waals surface area contributed by atoms with E-state index in [9.17, 15) is 9.18 Å². The maximum atomic E-state index is 13.3. The number of pyridine rings is 1. The number of amides is 1. The second-order valence-electron chi connectivity index (χ2n) is 6.85. The Morgan fingerprint density at radius 1 is 1.25 bits per heavy atom. The van der Waals surface area contributed by atoms with E-state index in [1.54, 1.807) is 18.3 Å². The van der Waals surface area contributed by atoms with Crippen molar-refractivity contribution in [1.82, 2.24) is 14.9 Å². The van der Waals surface area contributed by atoms with Crippen LogP contribution in [0.2, 0.25) is 0 Å². The van der Waals surface area contributed by atoms with Crippen molar-refractivity contribution in [2.75, 3.05) is 36.4 Å². The number of aromatic nitrogens is 2. The summed E-state index contributed by atoms with van der Waals surface area (Å²) in [6, 6.07) is 11.1. The zero-order valence-electron chi connectivity index (χ0n) is 15.9. The molecule has 0 saturated carbocycles. The summed E-state index contributed by atoms with van der Waals surface area (Å²) in [5.41, 5.74) is 2.63. The van der Waals surface area contributed by atoms with Crippen LogP contribution in [0, 0.1) is 0 Å². The molecular formula is C21H24FN5O. The molecule has 1 amide bonds. The Labute approximate surface area is 163 Å². The molecule has 0 atom stereocenters. The first kappa shape index (κ1) is 18.4. The molecule has 2 aromatic heterocycles. The summed E-state index contributed by atoms with van der Waals surface area (Å²) in [6.07, 6.45) is 1.68. The first-order valence-electron chi connectivity index (χ1n) is 9.61. The zero-order valence-corrected chi connectivity index (χ0v) is 15.9. The van der Waals surface area contributed by atoms with Crippen LogP contribution >= 0.6 is 0 Å². The van der Waals surface area contributed by atoms with Gasteiger partial charge in [-0.3, -0.25) is 4.79 Å². The lowest BCUT2D eigenvalue weighted by molar-refractivity contribution is 0.101. The van der Waals surface area contributed by atoms with Crippen molar-refractivity contribution in [3.8, 4) is 0 Å². The maximum Gasteiger partial charge on any atom is 0.272 e. The lowest BCUT2D eigenvalue weighted by Crippen LogP contribution is -2.43. The largest absolute Gasteiger partial charge is 0.354 e. The lowest BCUT2D eigenvalue weighted by atomic mass is 10.1. The molecule has 1 aromatic carbocycles. The van der Waals surface area contributed by atoms with Crippen LogP contribution in [0.15, 0.2) is 42.6 Å². The minimum atomic E-state index is -0.552. The number of piperazine rings is 1. The van der Waals surface area contributed by atoms with Crippen LogP contribution in [0.1, 0.15) is 23.0 Å². The number of hydrogen-bond acceptors (Lipinski definition) is 4. The molecule has 0 spiro atoms. The number of carbonyl (C=O) groups is 1. The monoisotopic (exact) mass is 381 g/mol. The predicted molar refractivity (Wildman–Crippen MR) is 110 cm³/mol. The fourth-order valence-corrected chi connectivity index (χ4v) is 3.73. The summed E-state index contributed by atoms with van der Waals surface area (Å²) in [4.78, 5) is 19.6. The van der Waals surface area contributed by atoms with E-state index in [4.69, 9.17) is 0 Å². The van der Waals surface area contributed by atoms with Gasteiger partial charge in [0.05, 0.1) is 11.9 Å². The van der Waals surface area contributed by atoms with E-state index in [0.717, 1.165) is 42.9 Å². The van der Waals surface area contributed by atoms with Crippen LogP contribution in [-0.2, 0) is 13.2 Å². The average Bonchev–Trinajstić information content (AvgIpc) is 3.14. The molecule has 1 saturated heterocycles. The van der Waals surface area contributed by atoms with E-state index in [-0.39, 0.29) is 5.91 Å². The van der Waals surface area contributed by atoms with Crippen molar-refractivity contribution in [1.29, 1.82) is 0 Å². The number of hydrogen-bond donors (Lipinski definition) is 2. The molecule has 6 nitrogen and oxygen atoms in total. The van der Waals surface area contributed by atoms with Gasteiger partial charge in [0, 0.05) is 43.6 Å². The molecule has 1 aliphatic heterocycles. The molecule has 0 unspecified atom stereocenters. The Bertz CT molecular complexity index is 976. The highest BCUT2D eigenvalue weighted by molar-refractivity contribution is 6.06. The maximum absolute atomic E-state index is 13.3. The van der Waals surface area contributed by atoms with Gasteiger partial charge in [-0.25, -0.2) is 9.37 Å². The molecule has 0 bridgehead atoms. The van der Waals surface area contributed by atoms with E-state index in [0.29, 0.717) is 23.5 Å². The number of anilines is 2. The van der Waals surface area contributed by atoms with Crippen LogP contribution in [0.4, 0.5) is 15.9 Å². The molecule has 7 heteroatoms. The molecule has 1 aliphatic rings. The number of carbonyl (C=O) groups excluding carboxylic acids is 1. The minimum absolute atomic E-state index is 0.223. The SMILES string of the molecule is CCn1c(C(=O)Nc2ccc(N3CCNCC3)nc2)cc2c(CF)cccc21. The minimum Gasteiger partial charge on any atom is -0.354 e. The summed E-state index contributed by atoms with van der Waals surface area (Å²) in [5.74, 6) is 0.689. The molecular weight excluding hydrogens is 357 g/mol. The van der Waals surface area contributed by atoms with Gasteiger partial charge < -0.3 is 20.1 Å². The number of halogens is 1. The summed E-state index contributed by atoms with van der Waals surface area (Å²) in [6.45, 7) is 5.79. The normalized spacial score (nSPS) is 14.4. The lowest BCUT2D eigenvalue weighted by Gasteiger charge is -2.28. The summed E-state index contributed by atoms with van der Waals surface area (Å²) < 4.78 is 15.2. The zero-order chi connectivity index (χ0) is 19.5. The Morgan fingerprint density at radius 3 is 2.75 bits per heavy atom. The van der Waals surface area contributed by atoms with Gasteiger partial charge in [-0.2, -0.15) is 0 Å². The number of alkyl halides is 1. The molecule has 4 rings (SSSR count). The standard InChI is InChI=1S/C21H24FN5O/c1-2-27-18-5-3-4-15(13-22)17(18)12-19(27)21(28)25-16-6-7-20(24-14-16)26-10-8-23-9-11-26/h3-7,12,14,23H,2,8-11,13H2,1H3,(H,25,28). The predicted octanol–water partition coefficient (Wildman–Crippen LogP) is 3.19. The molecule has 1 fully saturated rings. The smallest absolute Gasteiger partial charge is 0.272 e. The molecule has 3 aromatic rings. The van der Waals surface area contributed by atoms with Crippen molar-refractivity contribution in [3.05, 3.63) is 53.9 Å². The fraction of sp³-hybridized carbons (Fsp3) is 0.333. The van der Waals surface area contributed by atoms with E-state index >= 15 is 0 Å². The molecule has 28 heavy (non-hydrogen) atoms. The highest BCUT2D eigenvalue weighted by Gasteiger charge is 2.17. The average molecular weight is 381 g/mol. The van der Waals surface area contributed by atoms with Gasteiger partial charge in [0.1, 0.15) is 18.2 Å². The van der Waals surface area contributed by atoms with Gasteiger partial charge in [-0.15, -0.1) is 0 Å². The quantitative estimate of drug-likeness (QED) is 0.713. The van der Waals surface area contributed by atoms with Crippen LogP contribution < -0.4 is 15.5 Å². The van der Waals surface area contributed by atoms with Crippen molar-refractivity contribution >= 4 is 28.3 Å². The van der Waals surface area contributed by atoms with E-state index < -0.39 is 6.67 Å². The van der Waals surface area contributed by atoms with E-state index in [2.05, 4.69) is 20.5 Å². The number of rotatable bonds is 5. The first-order chi connectivity index (χ1) is 13.7. The van der Waals surface area contributed by atoms with E-state index in [1.165, 1.54) is 0 Å². The van der Waals surface area contributed by atoms with Crippen LogP contribution in [0.3, 0.4) is 0 Å². The van der Waals surface area contributed by atoms with Crippen LogP contribution in [-0.4, -0.2) is 41.6 Å². The number of fused-ring (bicyclic) bond motifs is 1. The molecule has 3 heterocycles. The molecule has 0 aliphatic carbocycles. The Hall–Kier alpha value is -2.93. The van der Waals surface area contributed by atoms with Crippen molar-refractivity contribution in [2.24, 2.45) is 0 Å². The van der Waals surface area contributed by atoms with Gasteiger partial charge in [-0.1, -0.05) is 12.1 Å². The fourth-order valence-electron chi connectivity index (χ4n) is 3.73.